The summed E-state index contributed by atoms with van der Waals surface area (Å²) in [6.07, 6.45) is 2.10. The van der Waals surface area contributed by atoms with Crippen molar-refractivity contribution in [1.29, 1.82) is 0 Å². The predicted octanol–water partition coefficient (Wildman–Crippen LogP) is 3.53. The molecule has 0 bridgehead atoms. The number of aryl methyl sites for hydroxylation is 1. The van der Waals surface area contributed by atoms with E-state index in [0.29, 0.717) is 25.4 Å². The summed E-state index contributed by atoms with van der Waals surface area (Å²) in [5.41, 5.74) is 3.19. The number of nitrogens with one attached hydrogen (secondary N) is 1. The van der Waals surface area contributed by atoms with Gasteiger partial charge in [-0.2, -0.15) is 0 Å². The molecule has 0 radical (unpaired) electrons. The van der Waals surface area contributed by atoms with E-state index < -0.39 is 0 Å². The Kier molecular flexibility index (Phi) is 5.80. The van der Waals surface area contributed by atoms with E-state index in [0.717, 1.165) is 24.1 Å². The van der Waals surface area contributed by atoms with Gasteiger partial charge < -0.3 is 10.2 Å². The Morgan fingerprint density at radius 3 is 2.48 bits per heavy atom. The number of anilines is 1. The van der Waals surface area contributed by atoms with Gasteiger partial charge in [0.25, 0.3) is 0 Å². The van der Waals surface area contributed by atoms with Gasteiger partial charge in [-0.05, 0) is 49.8 Å². The molecule has 1 fully saturated rings. The summed E-state index contributed by atoms with van der Waals surface area (Å²) in [7, 11) is 0. The van der Waals surface area contributed by atoms with Crippen molar-refractivity contribution in [2.45, 2.75) is 47.0 Å². The first-order chi connectivity index (χ1) is 10.9. The maximum Gasteiger partial charge on any atom is 0.227 e. The molecular formula is C19H28N2O2. The fourth-order valence-corrected chi connectivity index (χ4v) is 2.99. The van der Waals surface area contributed by atoms with Crippen molar-refractivity contribution < 1.29 is 9.59 Å². The van der Waals surface area contributed by atoms with Gasteiger partial charge in [-0.1, -0.05) is 26.0 Å². The van der Waals surface area contributed by atoms with Gasteiger partial charge in [0.05, 0.1) is 0 Å². The molecule has 0 atom stereocenters. The van der Waals surface area contributed by atoms with Crippen LogP contribution in [0, 0.1) is 25.7 Å². The van der Waals surface area contributed by atoms with E-state index in [2.05, 4.69) is 19.2 Å². The third kappa shape index (κ3) is 4.57. The van der Waals surface area contributed by atoms with Crippen LogP contribution in [-0.4, -0.2) is 29.8 Å². The van der Waals surface area contributed by atoms with Crippen molar-refractivity contribution in [3.05, 3.63) is 29.3 Å². The molecule has 0 unspecified atom stereocenters. The van der Waals surface area contributed by atoms with Crippen LogP contribution >= 0.6 is 0 Å². The zero-order valence-corrected chi connectivity index (χ0v) is 14.7. The number of likely N-dealkylation sites (tertiary alicyclic amines) is 1. The first-order valence-electron chi connectivity index (χ1n) is 8.53. The second-order valence-corrected chi connectivity index (χ2v) is 6.99. The number of hydrogen-bond donors (Lipinski definition) is 1. The fourth-order valence-electron chi connectivity index (χ4n) is 2.99. The smallest absolute Gasteiger partial charge is 0.227 e. The molecule has 4 heteroatoms. The summed E-state index contributed by atoms with van der Waals surface area (Å²) in [5.74, 6) is 0.675. The average molecular weight is 316 g/mol. The van der Waals surface area contributed by atoms with Crippen LogP contribution in [-0.2, 0) is 9.59 Å². The second kappa shape index (κ2) is 7.62. The summed E-state index contributed by atoms with van der Waals surface area (Å²) in [5, 5.41) is 3.05. The fraction of sp³-hybridized carbons (Fsp3) is 0.579. The lowest BCUT2D eigenvalue weighted by molar-refractivity contribution is -0.135. The van der Waals surface area contributed by atoms with Crippen LogP contribution in [0.25, 0.3) is 0 Å². The minimum absolute atomic E-state index is 0.00184. The van der Waals surface area contributed by atoms with Crippen LogP contribution in [0.15, 0.2) is 18.2 Å². The van der Waals surface area contributed by atoms with Crippen molar-refractivity contribution in [1.82, 2.24) is 4.90 Å². The van der Waals surface area contributed by atoms with Crippen LogP contribution in [0.5, 0.6) is 0 Å². The molecule has 1 aliphatic heterocycles. The van der Waals surface area contributed by atoms with Gasteiger partial charge in [0.15, 0.2) is 0 Å². The highest BCUT2D eigenvalue weighted by Gasteiger charge is 2.27. The number of piperidine rings is 1. The van der Waals surface area contributed by atoms with E-state index in [1.165, 1.54) is 5.56 Å². The van der Waals surface area contributed by atoms with Crippen LogP contribution in [0.4, 0.5) is 5.69 Å². The highest BCUT2D eigenvalue weighted by Crippen LogP contribution is 2.23. The topological polar surface area (TPSA) is 49.4 Å². The van der Waals surface area contributed by atoms with E-state index in [9.17, 15) is 9.59 Å². The predicted molar refractivity (Wildman–Crippen MR) is 93.3 cm³/mol. The number of amides is 2. The minimum Gasteiger partial charge on any atom is -0.343 e. The van der Waals surface area contributed by atoms with Gasteiger partial charge >= 0.3 is 0 Å². The van der Waals surface area contributed by atoms with E-state index in [-0.39, 0.29) is 17.7 Å². The van der Waals surface area contributed by atoms with Crippen molar-refractivity contribution in [3.63, 3.8) is 0 Å². The Hall–Kier alpha value is -1.84. The normalized spacial score (nSPS) is 15.8. The van der Waals surface area contributed by atoms with Crippen LogP contribution in [0.2, 0.25) is 0 Å². The third-order valence-corrected chi connectivity index (χ3v) is 4.66. The van der Waals surface area contributed by atoms with E-state index in [1.54, 1.807) is 0 Å². The number of benzene rings is 1. The molecule has 1 saturated heterocycles. The lowest BCUT2D eigenvalue weighted by Gasteiger charge is -2.32. The Bertz CT molecular complexity index is 573. The second-order valence-electron chi connectivity index (χ2n) is 6.99. The molecule has 1 aromatic rings. The molecule has 1 aromatic carbocycles. The van der Waals surface area contributed by atoms with Crippen molar-refractivity contribution in [3.8, 4) is 0 Å². The maximum absolute atomic E-state index is 12.5. The summed E-state index contributed by atoms with van der Waals surface area (Å²) < 4.78 is 0. The van der Waals surface area contributed by atoms with Gasteiger partial charge in [0.2, 0.25) is 11.8 Å². The van der Waals surface area contributed by atoms with Crippen LogP contribution in [0.3, 0.4) is 0 Å². The Morgan fingerprint density at radius 2 is 1.87 bits per heavy atom. The zero-order valence-electron chi connectivity index (χ0n) is 14.7. The molecule has 2 amide bonds. The number of carbonyl (C=O) groups is 2. The molecule has 4 nitrogen and oxygen atoms in total. The van der Waals surface area contributed by atoms with E-state index in [1.807, 2.05) is 36.9 Å². The van der Waals surface area contributed by atoms with Gasteiger partial charge in [-0.3, -0.25) is 9.59 Å². The molecule has 1 aliphatic rings. The maximum atomic E-state index is 12.5. The summed E-state index contributed by atoms with van der Waals surface area (Å²) >= 11 is 0. The monoisotopic (exact) mass is 316 g/mol. The van der Waals surface area contributed by atoms with Gasteiger partial charge in [-0.25, -0.2) is 0 Å². The Morgan fingerprint density at radius 1 is 1.22 bits per heavy atom. The molecule has 0 spiro atoms. The number of hydrogen-bond acceptors (Lipinski definition) is 2. The molecule has 23 heavy (non-hydrogen) atoms. The first-order valence-corrected chi connectivity index (χ1v) is 8.53. The summed E-state index contributed by atoms with van der Waals surface area (Å²) in [6, 6.07) is 5.95. The quantitative estimate of drug-likeness (QED) is 0.924. The zero-order chi connectivity index (χ0) is 17.0. The summed E-state index contributed by atoms with van der Waals surface area (Å²) in [6.45, 7) is 9.57. The largest absolute Gasteiger partial charge is 0.343 e. The molecule has 2 rings (SSSR count). The SMILES string of the molecule is Cc1cccc(NC(=O)C2CCN(C(=O)CC(C)C)CC2)c1C. The van der Waals surface area contributed by atoms with Gasteiger partial charge in [-0.15, -0.1) is 0 Å². The molecule has 1 heterocycles. The summed E-state index contributed by atoms with van der Waals surface area (Å²) in [4.78, 5) is 26.5. The van der Waals surface area contributed by atoms with Crippen molar-refractivity contribution in [2.75, 3.05) is 18.4 Å². The standard InChI is InChI=1S/C19H28N2O2/c1-13(2)12-18(22)21-10-8-16(9-11-21)19(23)20-17-7-5-6-14(3)15(17)4/h5-7,13,16H,8-12H2,1-4H3,(H,20,23). The molecule has 0 aromatic heterocycles. The molecular weight excluding hydrogens is 288 g/mol. The van der Waals surface area contributed by atoms with Crippen LogP contribution in [0.1, 0.15) is 44.2 Å². The highest BCUT2D eigenvalue weighted by atomic mass is 16.2. The first kappa shape index (κ1) is 17.5. The molecule has 0 saturated carbocycles. The highest BCUT2D eigenvalue weighted by molar-refractivity contribution is 5.93. The van der Waals surface area contributed by atoms with Crippen molar-refractivity contribution >= 4 is 17.5 Å². The van der Waals surface area contributed by atoms with E-state index >= 15 is 0 Å². The van der Waals surface area contributed by atoms with E-state index in [4.69, 9.17) is 0 Å². The lowest BCUT2D eigenvalue weighted by Crippen LogP contribution is -2.41. The average Bonchev–Trinajstić information content (AvgIpc) is 2.51. The number of nitrogens with zero attached hydrogens (tertiary/aromatic N) is 1. The third-order valence-electron chi connectivity index (χ3n) is 4.66. The Balaban J connectivity index is 1.89. The van der Waals surface area contributed by atoms with Crippen LogP contribution < -0.4 is 5.32 Å². The van der Waals surface area contributed by atoms with Gasteiger partial charge in [0, 0.05) is 31.1 Å². The molecule has 1 N–H and O–H groups in total. The number of carbonyl (C=O) groups excluding carboxylic acids is 2. The number of rotatable bonds is 4. The molecule has 126 valence electrons. The lowest BCUT2D eigenvalue weighted by atomic mass is 9.95. The molecule has 0 aliphatic carbocycles. The van der Waals surface area contributed by atoms with Crippen molar-refractivity contribution in [2.24, 2.45) is 11.8 Å². The minimum atomic E-state index is -0.00184. The van der Waals surface area contributed by atoms with Gasteiger partial charge in [0.1, 0.15) is 0 Å². The Labute approximate surface area is 139 Å².